The molecule has 0 radical (unpaired) electrons. The molecule has 0 spiro atoms. The molecule has 0 bridgehead atoms. The van der Waals surface area contributed by atoms with Crippen molar-refractivity contribution in [1.29, 1.82) is 0 Å². The highest BCUT2D eigenvalue weighted by Gasteiger charge is 2.10. The number of ether oxygens (including phenoxy) is 2. The number of fused-ring (bicyclic) bond motifs is 1. The average molecular weight is 262 g/mol. The van der Waals surface area contributed by atoms with Crippen LogP contribution in [0.1, 0.15) is 0 Å². The second-order valence-electron chi connectivity index (χ2n) is 4.44. The molecule has 3 rings (SSSR count). The molecule has 3 aromatic carbocycles. The lowest BCUT2D eigenvalue weighted by Gasteiger charge is -2.12. The van der Waals surface area contributed by atoms with Crippen LogP contribution in [0.2, 0.25) is 0 Å². The predicted octanol–water partition coefficient (Wildman–Crippen LogP) is 4.12. The molecule has 2 nitrogen and oxygen atoms in total. The fourth-order valence-electron chi connectivity index (χ4n) is 2.35. The Kier molecular flexibility index (Phi) is 3.18. The second-order valence-corrected chi connectivity index (χ2v) is 4.44. The zero-order chi connectivity index (χ0) is 13.9. The molecule has 0 N–H and O–H groups in total. The summed E-state index contributed by atoms with van der Waals surface area (Å²) in [6.07, 6.45) is 0. The third-order valence-corrected chi connectivity index (χ3v) is 3.35. The van der Waals surface area contributed by atoms with Crippen LogP contribution >= 0.6 is 0 Å². The van der Waals surface area contributed by atoms with Crippen LogP contribution in [0, 0.1) is 12.1 Å². The van der Waals surface area contributed by atoms with Crippen LogP contribution in [-0.2, 0) is 0 Å². The Morgan fingerprint density at radius 3 is 2.60 bits per heavy atom. The number of rotatable bonds is 3. The van der Waals surface area contributed by atoms with E-state index in [1.54, 1.807) is 14.2 Å². The van der Waals surface area contributed by atoms with Crippen LogP contribution in [0.3, 0.4) is 0 Å². The average Bonchev–Trinajstić information content (AvgIpc) is 2.53. The van der Waals surface area contributed by atoms with Crippen molar-refractivity contribution in [2.45, 2.75) is 0 Å². The molecule has 98 valence electrons. The monoisotopic (exact) mass is 262 g/mol. The van der Waals surface area contributed by atoms with E-state index in [0.717, 1.165) is 33.4 Å². The Balaban J connectivity index is 2.25. The van der Waals surface area contributed by atoms with Gasteiger partial charge >= 0.3 is 0 Å². The summed E-state index contributed by atoms with van der Waals surface area (Å²) in [5.41, 5.74) is 2.16. The Labute approximate surface area is 118 Å². The Bertz CT molecular complexity index is 742. The molecule has 0 unspecified atom stereocenters. The molecule has 0 fully saturated rings. The summed E-state index contributed by atoms with van der Waals surface area (Å²) in [6, 6.07) is 22.0. The van der Waals surface area contributed by atoms with Gasteiger partial charge < -0.3 is 9.47 Å². The largest absolute Gasteiger partial charge is 0.497 e. The maximum atomic E-state index is 5.49. The van der Waals surface area contributed by atoms with E-state index in [2.05, 4.69) is 18.2 Å². The summed E-state index contributed by atoms with van der Waals surface area (Å²) in [4.78, 5) is 0. The molecular weight excluding hydrogens is 248 g/mol. The minimum Gasteiger partial charge on any atom is -0.497 e. The van der Waals surface area contributed by atoms with E-state index in [-0.39, 0.29) is 0 Å². The first-order valence-electron chi connectivity index (χ1n) is 6.37. The molecule has 0 saturated heterocycles. The summed E-state index contributed by atoms with van der Waals surface area (Å²) in [7, 11) is 3.32. The molecule has 0 aliphatic carbocycles. The number of benzene rings is 2. The molecule has 0 aromatic heterocycles. The number of methoxy groups -OCH3 is 2. The van der Waals surface area contributed by atoms with E-state index in [1.807, 2.05) is 42.5 Å². The van der Waals surface area contributed by atoms with Crippen molar-refractivity contribution in [2.75, 3.05) is 14.2 Å². The predicted molar refractivity (Wildman–Crippen MR) is 80.2 cm³/mol. The van der Waals surface area contributed by atoms with Crippen LogP contribution in [0.4, 0.5) is 0 Å². The smallest absolute Gasteiger partial charge is 0.130 e. The first kappa shape index (κ1) is 12.4. The van der Waals surface area contributed by atoms with E-state index in [1.165, 1.54) is 0 Å². The third kappa shape index (κ3) is 2.04. The normalized spacial score (nSPS) is 10.1. The fourth-order valence-corrected chi connectivity index (χ4v) is 2.35. The van der Waals surface area contributed by atoms with E-state index in [4.69, 9.17) is 9.47 Å². The van der Waals surface area contributed by atoms with Crippen LogP contribution in [0.15, 0.2) is 48.5 Å². The molecule has 2 heteroatoms. The zero-order valence-electron chi connectivity index (χ0n) is 11.4. The highest BCUT2D eigenvalue weighted by molar-refractivity contribution is 5.97. The zero-order valence-corrected chi connectivity index (χ0v) is 11.4. The molecule has 20 heavy (non-hydrogen) atoms. The SMILES string of the molecule is COc1ccc(-c2cccc3c#cccc23)c(OC)c1. The standard InChI is InChI=1S/C18H14O2/c1-19-14-10-11-17(18(12-14)20-2)16-9-5-7-13-6-3-4-8-15(13)16/h4-5,7-12H,1-2H3. The van der Waals surface area contributed by atoms with Crippen molar-refractivity contribution in [3.63, 3.8) is 0 Å². The topological polar surface area (TPSA) is 18.5 Å². The van der Waals surface area contributed by atoms with Gasteiger partial charge in [-0.15, -0.1) is 0 Å². The van der Waals surface area contributed by atoms with Crippen LogP contribution < -0.4 is 9.47 Å². The van der Waals surface area contributed by atoms with Gasteiger partial charge in [-0.2, -0.15) is 0 Å². The van der Waals surface area contributed by atoms with Gasteiger partial charge in [-0.1, -0.05) is 24.3 Å². The Morgan fingerprint density at radius 1 is 0.900 bits per heavy atom. The first-order valence-corrected chi connectivity index (χ1v) is 6.37. The Morgan fingerprint density at radius 2 is 1.80 bits per heavy atom. The summed E-state index contributed by atoms with van der Waals surface area (Å²) < 4.78 is 10.7. The molecule has 0 saturated carbocycles. The molecule has 0 atom stereocenters. The molecule has 0 amide bonds. The summed E-state index contributed by atoms with van der Waals surface area (Å²) in [5, 5.41) is 2.18. The van der Waals surface area contributed by atoms with Gasteiger partial charge in [0.25, 0.3) is 0 Å². The minimum atomic E-state index is 0.783. The van der Waals surface area contributed by atoms with E-state index < -0.39 is 0 Å². The second kappa shape index (κ2) is 5.14. The Hall–Kier alpha value is -2.66. The van der Waals surface area contributed by atoms with E-state index in [9.17, 15) is 0 Å². The van der Waals surface area contributed by atoms with Gasteiger partial charge in [0.05, 0.1) is 14.2 Å². The number of hydrogen-bond donors (Lipinski definition) is 0. The van der Waals surface area contributed by atoms with Crippen molar-refractivity contribution in [1.82, 2.24) is 0 Å². The maximum absolute atomic E-state index is 5.49. The fraction of sp³-hybridized carbons (Fsp3) is 0.111. The third-order valence-electron chi connectivity index (χ3n) is 3.35. The highest BCUT2D eigenvalue weighted by Crippen LogP contribution is 2.36. The lowest BCUT2D eigenvalue weighted by molar-refractivity contribution is 0.395. The highest BCUT2D eigenvalue weighted by atomic mass is 16.5. The van der Waals surface area contributed by atoms with E-state index in [0.29, 0.717) is 0 Å². The van der Waals surface area contributed by atoms with Gasteiger partial charge in [0.15, 0.2) is 0 Å². The van der Waals surface area contributed by atoms with E-state index >= 15 is 0 Å². The molecule has 3 aromatic rings. The summed E-state index contributed by atoms with van der Waals surface area (Å²) >= 11 is 0. The van der Waals surface area contributed by atoms with Crippen molar-refractivity contribution < 1.29 is 9.47 Å². The van der Waals surface area contributed by atoms with Gasteiger partial charge in [-0.05, 0) is 41.3 Å². The lowest BCUT2D eigenvalue weighted by Crippen LogP contribution is -1.91. The summed E-state index contributed by atoms with van der Waals surface area (Å²) in [5.74, 6) is 1.58. The van der Waals surface area contributed by atoms with Crippen molar-refractivity contribution in [2.24, 2.45) is 0 Å². The van der Waals surface area contributed by atoms with Crippen molar-refractivity contribution >= 4 is 10.8 Å². The first-order chi connectivity index (χ1) is 9.83. The maximum Gasteiger partial charge on any atom is 0.130 e. The van der Waals surface area contributed by atoms with Crippen molar-refractivity contribution in [3.8, 4) is 22.6 Å². The quantitative estimate of drug-likeness (QED) is 0.706. The molecule has 0 heterocycles. The van der Waals surface area contributed by atoms with Gasteiger partial charge in [0.1, 0.15) is 11.5 Å². The van der Waals surface area contributed by atoms with Gasteiger partial charge in [-0.3, -0.25) is 0 Å². The van der Waals surface area contributed by atoms with Gasteiger partial charge in [0, 0.05) is 17.0 Å². The van der Waals surface area contributed by atoms with Crippen LogP contribution in [-0.4, -0.2) is 14.2 Å². The lowest BCUT2D eigenvalue weighted by atomic mass is 9.98. The van der Waals surface area contributed by atoms with Crippen molar-refractivity contribution in [3.05, 3.63) is 60.7 Å². The molecule has 0 aliphatic rings. The molecule has 0 aliphatic heterocycles. The minimum absolute atomic E-state index is 0.783. The van der Waals surface area contributed by atoms with Crippen LogP contribution in [0.25, 0.3) is 21.9 Å². The van der Waals surface area contributed by atoms with Gasteiger partial charge in [-0.25, -0.2) is 0 Å². The summed E-state index contributed by atoms with van der Waals surface area (Å²) in [6.45, 7) is 0. The van der Waals surface area contributed by atoms with Gasteiger partial charge in [0.2, 0.25) is 0 Å². The molecular formula is C18H14O2. The number of hydrogen-bond acceptors (Lipinski definition) is 2. The van der Waals surface area contributed by atoms with Crippen LogP contribution in [0.5, 0.6) is 11.5 Å².